The van der Waals surface area contributed by atoms with E-state index in [1.165, 1.54) is 64.2 Å². The van der Waals surface area contributed by atoms with E-state index in [1.807, 2.05) is 97.6 Å². The molecule has 51 heavy (non-hydrogen) atoms. The quantitative estimate of drug-likeness (QED) is 0.112. The first-order chi connectivity index (χ1) is 25.2. The molecule has 7 aromatic carbocycles. The maximum Gasteiger partial charge on any atom is 0.184 e. The molecule has 2 aromatic heterocycles. The van der Waals surface area contributed by atoms with Crippen molar-refractivity contribution in [1.29, 1.82) is 0 Å². The normalized spacial score (nSPS) is 13.3. The molecule has 10 rings (SSSR count). The molecule has 0 radical (unpaired) electrons. The van der Waals surface area contributed by atoms with Crippen molar-refractivity contribution in [2.45, 2.75) is 0 Å². The van der Waals surface area contributed by atoms with Gasteiger partial charge < -0.3 is 4.57 Å². The lowest BCUT2D eigenvalue weighted by Crippen LogP contribution is -2.73. The number of nitrogens with zero attached hydrogens (tertiary/aromatic N) is 2. The molecule has 0 fully saturated rings. The Morgan fingerprint density at radius 1 is 0.392 bits per heavy atom. The Labute approximate surface area is 297 Å². The lowest BCUT2D eigenvalue weighted by molar-refractivity contribution is 0.592. The Balaban J connectivity index is 1.37. The van der Waals surface area contributed by atoms with E-state index in [0.717, 1.165) is 15.9 Å². The van der Waals surface area contributed by atoms with Crippen molar-refractivity contribution in [1.82, 2.24) is 9.97 Å². The second kappa shape index (κ2) is 11.6. The van der Waals surface area contributed by atoms with Gasteiger partial charge in [-0.1, -0.05) is 140 Å². The van der Waals surface area contributed by atoms with Crippen LogP contribution in [0.4, 0.5) is 0 Å². The molecule has 0 saturated carbocycles. The molecule has 240 valence electrons. The van der Waals surface area contributed by atoms with Crippen LogP contribution < -0.4 is 36.7 Å². The summed E-state index contributed by atoms with van der Waals surface area (Å²) < 4.78 is 15.8. The molecule has 0 amide bonds. The molecule has 9 aromatic rings. The van der Waals surface area contributed by atoms with Gasteiger partial charge in [0.1, 0.15) is 0 Å². The van der Waals surface area contributed by atoms with Crippen molar-refractivity contribution < 1.29 is 4.57 Å². The van der Waals surface area contributed by atoms with Crippen LogP contribution in [-0.2, 0) is 4.57 Å². The molecule has 1 aliphatic heterocycles. The summed E-state index contributed by atoms with van der Waals surface area (Å²) in [6.45, 7) is 0. The maximum absolute atomic E-state index is 15.8. The van der Waals surface area contributed by atoms with Gasteiger partial charge in [-0.05, 0) is 88.5 Å². The largest absolute Gasteiger partial charge is 0.309 e. The van der Waals surface area contributed by atoms with E-state index < -0.39 is 15.2 Å². The summed E-state index contributed by atoms with van der Waals surface area (Å²) in [5.41, 5.74) is 2.40. The average Bonchev–Trinajstić information content (AvgIpc) is 3.51. The smallest absolute Gasteiger partial charge is 0.184 e. The molecule has 0 spiro atoms. The predicted octanol–water partition coefficient (Wildman–Crippen LogP) is 6.93. The van der Waals surface area contributed by atoms with Gasteiger partial charge in [-0.2, -0.15) is 0 Å². The Hall–Kier alpha value is -5.93. The summed E-state index contributed by atoms with van der Waals surface area (Å²) >= 11 is 0. The third-order valence-corrected chi connectivity index (χ3v) is 18.6. The van der Waals surface area contributed by atoms with Gasteiger partial charge in [-0.15, -0.1) is 0 Å². The zero-order valence-electron chi connectivity index (χ0n) is 27.6. The highest BCUT2D eigenvalue weighted by Gasteiger charge is 2.50. The summed E-state index contributed by atoms with van der Waals surface area (Å²) in [5.74, 6) is 0. The van der Waals surface area contributed by atoms with E-state index in [0.29, 0.717) is 0 Å². The average molecular weight is 687 g/mol. The number of aromatic nitrogens is 2. The first kappa shape index (κ1) is 29.9. The lowest BCUT2D eigenvalue weighted by Gasteiger charge is -2.31. The molecular formula is C46H31N2OPSi. The van der Waals surface area contributed by atoms with Crippen molar-refractivity contribution in [2.24, 2.45) is 0 Å². The third-order valence-electron chi connectivity index (χ3n) is 10.8. The van der Waals surface area contributed by atoms with Crippen molar-refractivity contribution in [2.75, 3.05) is 0 Å². The molecule has 0 atom stereocenters. The SMILES string of the molecule is O=P(c1ccccc1)(c1ccccc1)c1ccc2c(c1)[Si](c1cccnc1)(c1cccnc1)c1cc3c4ccccc4c4ccccc4c3cc1-2. The first-order valence-corrected chi connectivity index (χ1v) is 20.9. The van der Waals surface area contributed by atoms with Crippen LogP contribution >= 0.6 is 7.14 Å². The van der Waals surface area contributed by atoms with Crippen LogP contribution in [0.25, 0.3) is 43.4 Å². The van der Waals surface area contributed by atoms with Gasteiger partial charge in [-0.3, -0.25) is 9.97 Å². The molecule has 0 aliphatic carbocycles. The number of fused-ring (bicyclic) bond motifs is 9. The molecule has 0 N–H and O–H groups in total. The zero-order chi connectivity index (χ0) is 34.0. The second-order valence-electron chi connectivity index (χ2n) is 13.3. The number of benzene rings is 7. The standard InChI is InChI=1S/C46H31N2OPSi/c49-50(32-13-3-1-4-14-32,33-15-5-2-6-16-33)34-23-24-41-44-28-42-39-21-9-7-19-37(39)38-20-8-10-22-40(38)43(42)29-46(44)51(45(41)27-34,35-17-11-25-47-30-35)36-18-12-26-48-31-36/h1-31H. The van der Waals surface area contributed by atoms with Crippen molar-refractivity contribution in [3.05, 3.63) is 189 Å². The van der Waals surface area contributed by atoms with Crippen LogP contribution in [0.1, 0.15) is 0 Å². The summed E-state index contributed by atoms with van der Waals surface area (Å²) in [5, 5.41) is 14.8. The maximum atomic E-state index is 15.8. The Kier molecular flexibility index (Phi) is 6.79. The van der Waals surface area contributed by atoms with Crippen LogP contribution in [0.3, 0.4) is 0 Å². The summed E-state index contributed by atoms with van der Waals surface area (Å²) in [6.07, 6.45) is 7.78. The number of rotatable bonds is 5. The van der Waals surface area contributed by atoms with Crippen molar-refractivity contribution in [3.8, 4) is 11.1 Å². The monoisotopic (exact) mass is 686 g/mol. The zero-order valence-corrected chi connectivity index (χ0v) is 29.5. The van der Waals surface area contributed by atoms with Crippen LogP contribution in [0.15, 0.2) is 189 Å². The number of pyridine rings is 2. The van der Waals surface area contributed by atoms with Gasteiger partial charge in [0.15, 0.2) is 15.2 Å². The van der Waals surface area contributed by atoms with E-state index in [1.54, 1.807) is 0 Å². The van der Waals surface area contributed by atoms with E-state index in [2.05, 4.69) is 91.0 Å². The Morgan fingerprint density at radius 3 is 1.37 bits per heavy atom. The highest BCUT2D eigenvalue weighted by Crippen LogP contribution is 2.44. The Bertz CT molecular complexity index is 2740. The minimum Gasteiger partial charge on any atom is -0.309 e. The van der Waals surface area contributed by atoms with Crippen LogP contribution in [0, 0.1) is 0 Å². The van der Waals surface area contributed by atoms with Gasteiger partial charge in [-0.25, -0.2) is 0 Å². The minimum atomic E-state index is -3.26. The van der Waals surface area contributed by atoms with Crippen molar-refractivity contribution >= 4 is 84.2 Å². The number of hydrogen-bond donors (Lipinski definition) is 0. The van der Waals surface area contributed by atoms with Crippen LogP contribution in [0.2, 0.25) is 0 Å². The fraction of sp³-hybridized carbons (Fsp3) is 0. The van der Waals surface area contributed by atoms with Gasteiger partial charge in [0.25, 0.3) is 0 Å². The van der Waals surface area contributed by atoms with Crippen LogP contribution in [-0.4, -0.2) is 18.0 Å². The molecule has 0 saturated heterocycles. The predicted molar refractivity (Wildman–Crippen MR) is 217 cm³/mol. The van der Waals surface area contributed by atoms with E-state index in [-0.39, 0.29) is 0 Å². The fourth-order valence-electron chi connectivity index (χ4n) is 8.58. The van der Waals surface area contributed by atoms with Crippen LogP contribution in [0.5, 0.6) is 0 Å². The van der Waals surface area contributed by atoms with Crippen molar-refractivity contribution in [3.63, 3.8) is 0 Å². The topological polar surface area (TPSA) is 42.9 Å². The molecule has 5 heteroatoms. The van der Waals surface area contributed by atoms with E-state index in [4.69, 9.17) is 9.97 Å². The minimum absolute atomic E-state index is 0.824. The molecule has 3 nitrogen and oxygen atoms in total. The second-order valence-corrected chi connectivity index (χ2v) is 19.8. The van der Waals surface area contributed by atoms with Gasteiger partial charge in [0.05, 0.1) is 0 Å². The third kappa shape index (κ3) is 4.27. The number of hydrogen-bond acceptors (Lipinski definition) is 3. The van der Waals surface area contributed by atoms with Gasteiger partial charge in [0, 0.05) is 40.7 Å². The fourth-order valence-corrected chi connectivity index (χ4v) is 16.4. The summed E-state index contributed by atoms with van der Waals surface area (Å²) in [6, 6.07) is 57.5. The molecule has 0 unspecified atom stereocenters. The molecule has 3 heterocycles. The van der Waals surface area contributed by atoms with E-state index >= 15 is 4.57 Å². The van der Waals surface area contributed by atoms with E-state index in [9.17, 15) is 0 Å². The van der Waals surface area contributed by atoms with Gasteiger partial charge >= 0.3 is 0 Å². The first-order valence-electron chi connectivity index (χ1n) is 17.2. The Morgan fingerprint density at radius 2 is 0.863 bits per heavy atom. The lowest BCUT2D eigenvalue weighted by atomic mass is 9.92. The summed E-state index contributed by atoms with van der Waals surface area (Å²) in [4.78, 5) is 9.45. The highest BCUT2D eigenvalue weighted by molar-refractivity contribution is 7.85. The molecule has 1 aliphatic rings. The summed E-state index contributed by atoms with van der Waals surface area (Å²) in [7, 11) is -6.32. The molecular weight excluding hydrogens is 656 g/mol. The molecule has 0 bridgehead atoms. The van der Waals surface area contributed by atoms with Gasteiger partial charge in [0.2, 0.25) is 0 Å². The highest BCUT2D eigenvalue weighted by atomic mass is 31.2.